The summed E-state index contributed by atoms with van der Waals surface area (Å²) in [6, 6.07) is 15.4. The van der Waals surface area contributed by atoms with Crippen LogP contribution < -0.4 is 10.6 Å². The highest BCUT2D eigenvalue weighted by Gasteiger charge is 2.21. The van der Waals surface area contributed by atoms with Crippen LogP contribution in [0.25, 0.3) is 0 Å². The van der Waals surface area contributed by atoms with E-state index in [0.717, 1.165) is 12.2 Å². The van der Waals surface area contributed by atoms with Crippen molar-refractivity contribution in [2.24, 2.45) is 0 Å². The summed E-state index contributed by atoms with van der Waals surface area (Å²) in [5.74, 6) is -0.192. The molecule has 0 aromatic heterocycles. The van der Waals surface area contributed by atoms with Crippen molar-refractivity contribution in [3.05, 3.63) is 59.7 Å². The average molecular weight is 473 g/mol. The third kappa shape index (κ3) is 6.79. The number of amides is 1. The van der Waals surface area contributed by atoms with Crippen LogP contribution in [-0.4, -0.2) is 57.3 Å². The summed E-state index contributed by atoms with van der Waals surface area (Å²) >= 11 is 0. The van der Waals surface area contributed by atoms with E-state index in [-0.39, 0.29) is 23.9 Å². The number of benzene rings is 2. The number of hydrogen-bond donors (Lipinski definition) is 2. The minimum Gasteiger partial charge on any atom is -0.376 e. The molecular weight excluding hydrogens is 436 g/mol. The maximum atomic E-state index is 12.5. The van der Waals surface area contributed by atoms with Gasteiger partial charge in [0.15, 0.2) is 0 Å². The fourth-order valence-electron chi connectivity index (χ4n) is 4.28. The number of carbonyl (C=O) groups is 1. The molecule has 0 radical (unpaired) electrons. The maximum absolute atomic E-state index is 12.5. The smallest absolute Gasteiger partial charge is 0.242 e. The number of nitrogens with zero attached hydrogens (tertiary/aromatic N) is 2. The minimum absolute atomic E-state index is 0.118. The van der Waals surface area contributed by atoms with Gasteiger partial charge < -0.3 is 10.6 Å². The lowest BCUT2D eigenvalue weighted by Crippen LogP contribution is -2.33. The molecule has 0 unspecified atom stereocenters. The normalized spacial score (nSPS) is 15.1. The molecule has 1 amide bonds. The molecule has 2 N–H and O–H groups in total. The van der Waals surface area contributed by atoms with E-state index in [4.69, 9.17) is 0 Å². The lowest BCUT2D eigenvalue weighted by Gasteiger charge is -2.31. The number of hydrogen-bond acceptors (Lipinski definition) is 5. The fraction of sp³-hybridized carbons (Fsp3) is 0.480. The molecule has 1 aliphatic rings. The van der Waals surface area contributed by atoms with E-state index >= 15 is 0 Å². The zero-order valence-electron chi connectivity index (χ0n) is 19.9. The van der Waals surface area contributed by atoms with Crippen molar-refractivity contribution in [2.45, 2.75) is 56.1 Å². The number of nitrogens with one attached hydrogen (secondary N) is 2. The van der Waals surface area contributed by atoms with Gasteiger partial charge in [-0.15, -0.1) is 0 Å². The minimum atomic E-state index is -3.58. The van der Waals surface area contributed by atoms with Crippen LogP contribution in [0, 0.1) is 0 Å². The summed E-state index contributed by atoms with van der Waals surface area (Å²) in [6.45, 7) is 1.10. The lowest BCUT2D eigenvalue weighted by molar-refractivity contribution is -0.119. The van der Waals surface area contributed by atoms with Crippen molar-refractivity contribution in [2.75, 3.05) is 33.0 Å². The molecule has 2 aromatic rings. The Morgan fingerprint density at radius 3 is 2.27 bits per heavy atom. The first-order chi connectivity index (χ1) is 15.8. The van der Waals surface area contributed by atoms with Gasteiger partial charge in [0.05, 0.1) is 11.4 Å². The summed E-state index contributed by atoms with van der Waals surface area (Å²) in [5.41, 5.74) is 2.68. The first-order valence-corrected chi connectivity index (χ1v) is 13.0. The first-order valence-electron chi connectivity index (χ1n) is 11.6. The van der Waals surface area contributed by atoms with Gasteiger partial charge in [-0.25, -0.2) is 12.7 Å². The molecule has 0 atom stereocenters. The van der Waals surface area contributed by atoms with Crippen molar-refractivity contribution in [3.8, 4) is 0 Å². The predicted octanol–water partition coefficient (Wildman–Crippen LogP) is 3.43. The van der Waals surface area contributed by atoms with E-state index in [1.54, 1.807) is 24.3 Å². The monoisotopic (exact) mass is 472 g/mol. The Labute approximate surface area is 198 Å². The van der Waals surface area contributed by atoms with Crippen LogP contribution in [0.5, 0.6) is 0 Å². The topological polar surface area (TPSA) is 81.8 Å². The van der Waals surface area contributed by atoms with Gasteiger partial charge in [-0.3, -0.25) is 9.69 Å². The summed E-state index contributed by atoms with van der Waals surface area (Å²) < 4.78 is 26.3. The zero-order chi connectivity index (χ0) is 23.8. The molecule has 0 aliphatic heterocycles. The van der Waals surface area contributed by atoms with Crippen LogP contribution in [0.4, 0.5) is 5.69 Å². The summed E-state index contributed by atoms with van der Waals surface area (Å²) in [6.07, 6.45) is 6.43. The van der Waals surface area contributed by atoms with Crippen molar-refractivity contribution >= 4 is 21.6 Å². The third-order valence-electron chi connectivity index (χ3n) is 6.28. The maximum Gasteiger partial charge on any atom is 0.242 e. The van der Waals surface area contributed by atoms with Crippen LogP contribution in [0.15, 0.2) is 53.4 Å². The number of para-hydroxylation sites is 1. The molecule has 33 heavy (non-hydrogen) atoms. The summed E-state index contributed by atoms with van der Waals surface area (Å²) in [7, 11) is 1.60. The van der Waals surface area contributed by atoms with E-state index in [0.29, 0.717) is 11.6 Å². The largest absolute Gasteiger partial charge is 0.376 e. The van der Waals surface area contributed by atoms with Crippen molar-refractivity contribution in [1.82, 2.24) is 14.5 Å². The highest BCUT2D eigenvalue weighted by atomic mass is 32.2. The van der Waals surface area contributed by atoms with Crippen LogP contribution >= 0.6 is 0 Å². The third-order valence-corrected chi connectivity index (χ3v) is 8.20. The van der Waals surface area contributed by atoms with Crippen LogP contribution in [0.2, 0.25) is 0 Å². The second kappa shape index (κ2) is 11.6. The predicted molar refractivity (Wildman–Crippen MR) is 132 cm³/mol. The molecule has 0 spiro atoms. The molecule has 0 heterocycles. The van der Waals surface area contributed by atoms with Crippen molar-refractivity contribution in [1.29, 1.82) is 0 Å². The zero-order valence-corrected chi connectivity index (χ0v) is 20.7. The Hall–Kier alpha value is -2.42. The molecule has 0 saturated heterocycles. The van der Waals surface area contributed by atoms with Gasteiger partial charge in [-0.05, 0) is 43.1 Å². The van der Waals surface area contributed by atoms with Crippen molar-refractivity contribution < 1.29 is 13.2 Å². The SMILES string of the molecule is CN(Cc1ccccc1NCC(=O)NCc1ccccc1S(=O)(=O)N(C)C)C1CCCCC1. The quantitative estimate of drug-likeness (QED) is 0.554. The van der Waals surface area contributed by atoms with Gasteiger partial charge in [-0.2, -0.15) is 0 Å². The highest BCUT2D eigenvalue weighted by molar-refractivity contribution is 7.89. The summed E-state index contributed by atoms with van der Waals surface area (Å²) in [4.78, 5) is 15.1. The van der Waals surface area contributed by atoms with Crippen LogP contribution in [0.1, 0.15) is 43.2 Å². The van der Waals surface area contributed by atoms with Gasteiger partial charge in [-0.1, -0.05) is 55.7 Å². The van der Waals surface area contributed by atoms with Gasteiger partial charge in [0.1, 0.15) is 0 Å². The lowest BCUT2D eigenvalue weighted by atomic mass is 9.94. The average Bonchev–Trinajstić information content (AvgIpc) is 2.82. The second-order valence-corrected chi connectivity index (χ2v) is 11.0. The fourth-order valence-corrected chi connectivity index (χ4v) is 5.40. The van der Waals surface area contributed by atoms with Gasteiger partial charge in [0, 0.05) is 38.9 Å². The number of rotatable bonds is 10. The van der Waals surface area contributed by atoms with Gasteiger partial charge in [0.25, 0.3) is 0 Å². The molecule has 7 nitrogen and oxygen atoms in total. The molecule has 1 saturated carbocycles. The Balaban J connectivity index is 1.57. The van der Waals surface area contributed by atoms with Gasteiger partial charge in [0.2, 0.25) is 15.9 Å². The Morgan fingerprint density at radius 1 is 0.939 bits per heavy atom. The van der Waals surface area contributed by atoms with Crippen LogP contribution in [0.3, 0.4) is 0 Å². The second-order valence-electron chi connectivity index (χ2n) is 8.89. The van der Waals surface area contributed by atoms with Crippen LogP contribution in [-0.2, 0) is 27.9 Å². The molecule has 180 valence electrons. The van der Waals surface area contributed by atoms with Gasteiger partial charge >= 0.3 is 0 Å². The molecule has 8 heteroatoms. The molecule has 1 fully saturated rings. The molecule has 2 aromatic carbocycles. The molecule has 1 aliphatic carbocycles. The number of sulfonamides is 1. The van der Waals surface area contributed by atoms with E-state index < -0.39 is 10.0 Å². The van der Waals surface area contributed by atoms with E-state index in [9.17, 15) is 13.2 Å². The van der Waals surface area contributed by atoms with E-state index in [1.165, 1.54) is 56.1 Å². The number of anilines is 1. The Morgan fingerprint density at radius 2 is 1.58 bits per heavy atom. The van der Waals surface area contributed by atoms with Crippen molar-refractivity contribution in [3.63, 3.8) is 0 Å². The standard InChI is InChI=1S/C25H36N4O3S/c1-28(2)33(31,32)24-16-10-8-11-20(24)17-27-25(30)18-26-23-15-9-7-12-21(23)19-29(3)22-13-5-4-6-14-22/h7-12,15-16,22,26H,4-6,13-14,17-19H2,1-3H3,(H,27,30). The summed E-state index contributed by atoms with van der Waals surface area (Å²) in [5, 5.41) is 6.09. The molecule has 3 rings (SSSR count). The van der Waals surface area contributed by atoms with E-state index in [1.807, 2.05) is 18.2 Å². The van der Waals surface area contributed by atoms with E-state index in [2.05, 4.69) is 28.6 Å². The molecular formula is C25H36N4O3S. The Bertz CT molecular complexity index is 1030. The first kappa shape index (κ1) is 25.2. The Kier molecular flexibility index (Phi) is 8.88. The molecule has 0 bridgehead atoms. The highest BCUT2D eigenvalue weighted by Crippen LogP contribution is 2.25. The number of carbonyl (C=O) groups excluding carboxylic acids is 1.